The van der Waals surface area contributed by atoms with Gasteiger partial charge in [-0.1, -0.05) is 29.8 Å². The highest BCUT2D eigenvalue weighted by Gasteiger charge is 2.45. The van der Waals surface area contributed by atoms with Crippen molar-refractivity contribution in [2.45, 2.75) is 61.7 Å². The van der Waals surface area contributed by atoms with Crippen LogP contribution in [0, 0.1) is 17.8 Å². The van der Waals surface area contributed by atoms with Crippen LogP contribution in [0.2, 0.25) is 5.02 Å². The Morgan fingerprint density at radius 1 is 1.10 bits per heavy atom. The maximum atomic E-state index is 13.2. The Morgan fingerprint density at radius 2 is 1.95 bits per heavy atom. The minimum atomic E-state index is -3.80. The number of hydrogen-bond donors (Lipinski definition) is 2. The Bertz CT molecular complexity index is 1490. The topological polar surface area (TPSA) is 95.9 Å². The summed E-state index contributed by atoms with van der Waals surface area (Å²) in [7, 11) is -3.80. The molecular formula is C31H35ClN2O5S. The number of rotatable bonds is 0. The largest absolute Gasteiger partial charge is 0.490 e. The van der Waals surface area contributed by atoms with Gasteiger partial charge in [0, 0.05) is 29.1 Å². The Kier molecular flexibility index (Phi) is 6.44. The summed E-state index contributed by atoms with van der Waals surface area (Å²) < 4.78 is 34.7. The molecule has 2 N–H and O–H groups in total. The van der Waals surface area contributed by atoms with E-state index >= 15 is 0 Å². The quantitative estimate of drug-likeness (QED) is 0.441. The Morgan fingerprint density at radius 3 is 2.75 bits per heavy atom. The molecule has 3 aliphatic heterocycles. The zero-order valence-corrected chi connectivity index (χ0v) is 24.0. The molecule has 7 nitrogen and oxygen atoms in total. The van der Waals surface area contributed by atoms with E-state index in [9.17, 15) is 18.3 Å². The van der Waals surface area contributed by atoms with Crippen molar-refractivity contribution in [2.24, 2.45) is 17.8 Å². The van der Waals surface area contributed by atoms with E-state index in [0.717, 1.165) is 49.4 Å². The van der Waals surface area contributed by atoms with Crippen LogP contribution < -0.4 is 14.4 Å². The summed E-state index contributed by atoms with van der Waals surface area (Å²) >= 11 is 6.37. The van der Waals surface area contributed by atoms with Crippen molar-refractivity contribution < 1.29 is 23.1 Å². The molecule has 2 aromatic carbocycles. The molecule has 4 atom stereocenters. The first-order chi connectivity index (χ1) is 19.2. The van der Waals surface area contributed by atoms with Gasteiger partial charge in [0.25, 0.3) is 5.91 Å². The second kappa shape index (κ2) is 9.78. The number of nitrogens with one attached hydrogen (secondary N) is 1. The van der Waals surface area contributed by atoms with Gasteiger partial charge in [0.1, 0.15) is 5.75 Å². The number of aliphatic hydroxyl groups excluding tert-OH is 1. The highest BCUT2D eigenvalue weighted by molar-refractivity contribution is 7.90. The zero-order valence-electron chi connectivity index (χ0n) is 22.4. The number of fused-ring (bicyclic) bond motifs is 5. The fourth-order valence-corrected chi connectivity index (χ4v) is 9.25. The summed E-state index contributed by atoms with van der Waals surface area (Å²) in [5.41, 5.74) is 3.38. The van der Waals surface area contributed by atoms with Crippen LogP contribution >= 0.6 is 11.6 Å². The summed E-state index contributed by atoms with van der Waals surface area (Å²) in [5, 5.41) is 11.2. The second-order valence-electron chi connectivity index (χ2n) is 12.5. The number of carbonyl (C=O) groups excluding carboxylic acids is 1. The van der Waals surface area contributed by atoms with Crippen molar-refractivity contribution in [2.75, 3.05) is 24.6 Å². The van der Waals surface area contributed by atoms with Crippen LogP contribution in [-0.4, -0.2) is 50.5 Å². The number of amides is 1. The molecule has 1 amide bonds. The number of aliphatic hydroxyl groups is 1. The predicted octanol–water partition coefficient (Wildman–Crippen LogP) is 4.61. The molecule has 0 aromatic heterocycles. The van der Waals surface area contributed by atoms with Crippen molar-refractivity contribution in [3.05, 3.63) is 70.3 Å². The maximum Gasteiger partial charge on any atom is 0.264 e. The molecule has 212 valence electrons. The van der Waals surface area contributed by atoms with E-state index in [4.69, 9.17) is 16.3 Å². The first-order valence-corrected chi connectivity index (χ1v) is 16.4. The number of halogens is 1. The second-order valence-corrected chi connectivity index (χ2v) is 14.9. The first-order valence-electron chi connectivity index (χ1n) is 14.4. The number of nitrogens with zero attached hydrogens (tertiary/aromatic N) is 1. The van der Waals surface area contributed by atoms with Gasteiger partial charge < -0.3 is 14.7 Å². The molecule has 2 aromatic rings. The van der Waals surface area contributed by atoms with Gasteiger partial charge >= 0.3 is 0 Å². The van der Waals surface area contributed by atoms with Crippen molar-refractivity contribution in [3.8, 4) is 5.75 Å². The summed E-state index contributed by atoms with van der Waals surface area (Å²) in [6.07, 6.45) is 9.19. The van der Waals surface area contributed by atoms with E-state index in [2.05, 4.69) is 21.8 Å². The van der Waals surface area contributed by atoms with Gasteiger partial charge in [-0.25, -0.2) is 13.1 Å². The van der Waals surface area contributed by atoms with E-state index in [1.807, 2.05) is 18.2 Å². The van der Waals surface area contributed by atoms with Gasteiger partial charge in [0.05, 0.1) is 23.6 Å². The molecule has 6 aliphatic rings. The number of sulfonamides is 1. The molecule has 8 rings (SSSR count). The van der Waals surface area contributed by atoms with Crippen LogP contribution in [-0.2, 0) is 21.9 Å². The Labute approximate surface area is 240 Å². The molecule has 0 radical (unpaired) electrons. The summed E-state index contributed by atoms with van der Waals surface area (Å²) in [6, 6.07) is 11.4. The van der Waals surface area contributed by atoms with E-state index < -0.39 is 27.3 Å². The Balaban J connectivity index is 1.30. The molecule has 40 heavy (non-hydrogen) atoms. The summed E-state index contributed by atoms with van der Waals surface area (Å²) in [5.74, 6) is 0.636. The average Bonchev–Trinajstić information content (AvgIpc) is 3.01. The lowest BCUT2D eigenvalue weighted by atomic mass is 9.68. The molecule has 2 saturated carbocycles. The molecule has 0 unspecified atom stereocenters. The van der Waals surface area contributed by atoms with Crippen LogP contribution in [0.5, 0.6) is 5.75 Å². The van der Waals surface area contributed by atoms with Crippen LogP contribution in [0.1, 0.15) is 60.0 Å². The van der Waals surface area contributed by atoms with Gasteiger partial charge in [-0.05, 0) is 104 Å². The zero-order chi connectivity index (χ0) is 27.6. The number of anilines is 1. The number of hydrogen-bond acceptors (Lipinski definition) is 6. The number of ether oxygens (including phenoxy) is 1. The fourth-order valence-electron chi connectivity index (χ4n) is 7.51. The highest BCUT2D eigenvalue weighted by Crippen LogP contribution is 2.47. The minimum Gasteiger partial charge on any atom is -0.490 e. The Hall–Kier alpha value is -2.55. The van der Waals surface area contributed by atoms with Crippen molar-refractivity contribution in [1.29, 1.82) is 0 Å². The van der Waals surface area contributed by atoms with E-state index in [0.29, 0.717) is 43.2 Å². The third kappa shape index (κ3) is 4.52. The van der Waals surface area contributed by atoms with Gasteiger partial charge in [-0.3, -0.25) is 4.79 Å². The third-order valence-corrected chi connectivity index (χ3v) is 12.0. The number of aryl methyl sites for hydroxylation is 1. The third-order valence-electron chi connectivity index (χ3n) is 10.1. The molecule has 3 aliphatic carbocycles. The highest BCUT2D eigenvalue weighted by atomic mass is 35.5. The normalized spacial score (nSPS) is 35.1. The standard InChI is InChI=1S/C31H35ClN2O5S/c32-23-6-8-26-20(14-23)2-1-11-31(26)17-34-16-22-4-7-25(22)28(35)9-3-19-12-24(13-19)40(37,38)33-30(36)21-5-10-29(39-18-31)27(34)15-21/h3,5-6,8-10,14-15,19,22,24-25,28,35H,1-2,4,7,11-13,16-18H2,(H,33,36)/b9-3+/t19?,22-,24?,25+,28-,31-/m0/s1. The van der Waals surface area contributed by atoms with Crippen molar-refractivity contribution in [3.63, 3.8) is 0 Å². The van der Waals surface area contributed by atoms with Crippen LogP contribution in [0.3, 0.4) is 0 Å². The smallest absolute Gasteiger partial charge is 0.264 e. The molecule has 0 saturated heterocycles. The lowest BCUT2D eigenvalue weighted by Crippen LogP contribution is -2.49. The first kappa shape index (κ1) is 26.4. The van der Waals surface area contributed by atoms with Gasteiger partial charge in [-0.15, -0.1) is 0 Å². The van der Waals surface area contributed by atoms with E-state index in [-0.39, 0.29) is 17.3 Å². The molecule has 1 spiro atoms. The molecule has 3 heterocycles. The van der Waals surface area contributed by atoms with Gasteiger partial charge in [0.15, 0.2) is 0 Å². The number of carbonyl (C=O) groups is 1. The number of benzene rings is 2. The average molecular weight is 583 g/mol. The lowest BCUT2D eigenvalue weighted by Gasteiger charge is -2.45. The monoisotopic (exact) mass is 582 g/mol. The maximum absolute atomic E-state index is 13.2. The number of allylic oxidation sites excluding steroid dienone is 1. The predicted molar refractivity (Wildman–Crippen MR) is 154 cm³/mol. The summed E-state index contributed by atoms with van der Waals surface area (Å²) in [6.45, 7) is 1.94. The van der Waals surface area contributed by atoms with Crippen molar-refractivity contribution >= 4 is 33.2 Å². The lowest BCUT2D eigenvalue weighted by molar-refractivity contribution is 0.0453. The molecule has 9 heteroatoms. The van der Waals surface area contributed by atoms with Gasteiger partial charge in [-0.2, -0.15) is 0 Å². The van der Waals surface area contributed by atoms with Gasteiger partial charge in [0.2, 0.25) is 10.0 Å². The van der Waals surface area contributed by atoms with Crippen molar-refractivity contribution in [1.82, 2.24) is 4.72 Å². The van der Waals surface area contributed by atoms with E-state index in [1.165, 1.54) is 11.1 Å². The SMILES string of the molecule is O=C1NS(=O)(=O)C2CC(/C=C/[C@H](O)[C@@H]3CC[C@H]3CN3C[C@@]4(CCCc5cc(Cl)ccc54)COc4ccc1cc43)C2. The summed E-state index contributed by atoms with van der Waals surface area (Å²) in [4.78, 5) is 15.5. The van der Waals surface area contributed by atoms with E-state index in [1.54, 1.807) is 18.2 Å². The van der Waals surface area contributed by atoms with Crippen LogP contribution in [0.4, 0.5) is 5.69 Å². The minimum absolute atomic E-state index is 0.103. The van der Waals surface area contributed by atoms with Crippen LogP contribution in [0.25, 0.3) is 0 Å². The molecule has 4 bridgehead atoms. The van der Waals surface area contributed by atoms with Crippen LogP contribution in [0.15, 0.2) is 48.6 Å². The fraction of sp³-hybridized carbons (Fsp3) is 0.516. The molecular weight excluding hydrogens is 548 g/mol. The molecule has 2 fully saturated rings.